The Morgan fingerprint density at radius 1 is 1.80 bits per heavy atom. The van der Waals surface area contributed by atoms with Gasteiger partial charge in [-0.25, -0.2) is 0 Å². The van der Waals surface area contributed by atoms with Crippen LogP contribution in [0.5, 0.6) is 0 Å². The Hall–Kier alpha value is -0.980. The molecule has 5 nitrogen and oxygen atoms in total. The van der Waals surface area contributed by atoms with Gasteiger partial charge in [-0.3, -0.25) is 9.78 Å². The van der Waals surface area contributed by atoms with Gasteiger partial charge in [-0.05, 0) is 0 Å². The van der Waals surface area contributed by atoms with Crippen molar-refractivity contribution in [1.29, 1.82) is 0 Å². The fourth-order valence-corrected chi connectivity index (χ4v) is 1.89. The number of carbonyl (C=O) groups excluding carboxylic acids is 1. The number of amides is 1. The van der Waals surface area contributed by atoms with Crippen molar-refractivity contribution in [2.45, 2.75) is 12.6 Å². The Labute approximate surface area is 91.9 Å². The van der Waals surface area contributed by atoms with Crippen LogP contribution in [0.25, 0.3) is 0 Å². The summed E-state index contributed by atoms with van der Waals surface area (Å²) < 4.78 is 5.32. The summed E-state index contributed by atoms with van der Waals surface area (Å²) in [5.74, 6) is -0.0596. The van der Waals surface area contributed by atoms with Crippen molar-refractivity contribution in [3.8, 4) is 0 Å². The van der Waals surface area contributed by atoms with Gasteiger partial charge in [0.2, 0.25) is 0 Å². The van der Waals surface area contributed by atoms with E-state index in [9.17, 15) is 4.79 Å². The third kappa shape index (κ3) is 2.98. The third-order valence-electron chi connectivity index (χ3n) is 2.14. The number of morpholine rings is 1. The van der Waals surface area contributed by atoms with Gasteiger partial charge in [0.05, 0.1) is 18.7 Å². The summed E-state index contributed by atoms with van der Waals surface area (Å²) in [5.41, 5.74) is 1.75. The van der Waals surface area contributed by atoms with Gasteiger partial charge in [-0.15, -0.1) is 11.3 Å². The molecule has 1 aliphatic rings. The average Bonchev–Trinajstić information content (AvgIpc) is 2.80. The quantitative estimate of drug-likeness (QED) is 0.747. The molecule has 0 radical (unpaired) electrons. The summed E-state index contributed by atoms with van der Waals surface area (Å²) in [6.07, 6.45) is 1.40. The van der Waals surface area contributed by atoms with E-state index in [1.165, 1.54) is 11.3 Å². The van der Waals surface area contributed by atoms with Gasteiger partial charge < -0.3 is 15.4 Å². The zero-order valence-electron chi connectivity index (χ0n) is 8.23. The molecule has 82 valence electrons. The van der Waals surface area contributed by atoms with E-state index >= 15 is 0 Å². The molecule has 1 unspecified atom stereocenters. The molecular weight excluding hydrogens is 214 g/mol. The van der Waals surface area contributed by atoms with Gasteiger partial charge >= 0.3 is 0 Å². The predicted octanol–water partition coefficient (Wildman–Crippen LogP) is -0.252. The van der Waals surface area contributed by atoms with Crippen LogP contribution in [-0.4, -0.2) is 36.7 Å². The van der Waals surface area contributed by atoms with Crippen LogP contribution < -0.4 is 10.6 Å². The number of nitrogens with one attached hydrogen (secondary N) is 2. The highest BCUT2D eigenvalue weighted by molar-refractivity contribution is 7.09. The lowest BCUT2D eigenvalue weighted by Gasteiger charge is -2.22. The Morgan fingerprint density at radius 3 is 3.40 bits per heavy atom. The molecule has 2 N–H and O–H groups in total. The van der Waals surface area contributed by atoms with Crippen LogP contribution in [0.3, 0.4) is 0 Å². The number of ether oxygens (including phenoxy) is 1. The van der Waals surface area contributed by atoms with Gasteiger partial charge in [0.25, 0.3) is 5.91 Å². The lowest BCUT2D eigenvalue weighted by atomic mass is 10.3. The van der Waals surface area contributed by atoms with Crippen LogP contribution in [0.4, 0.5) is 0 Å². The molecule has 2 rings (SSSR count). The van der Waals surface area contributed by atoms with E-state index in [2.05, 4.69) is 15.6 Å². The molecule has 15 heavy (non-hydrogen) atoms. The normalized spacial score (nSPS) is 21.2. The molecule has 6 heteroatoms. The van der Waals surface area contributed by atoms with Crippen LogP contribution in [0.15, 0.2) is 11.7 Å². The first-order valence-electron chi connectivity index (χ1n) is 4.83. The molecule has 0 bridgehead atoms. The van der Waals surface area contributed by atoms with Crippen molar-refractivity contribution in [3.05, 3.63) is 16.6 Å². The standard InChI is InChI=1S/C9H13N3O2S/c13-9(8-5-10-1-2-14-8)12-4-7-3-11-6-15-7/h3,6,8,10H,1-2,4-5H2,(H,12,13). The van der Waals surface area contributed by atoms with E-state index in [-0.39, 0.29) is 12.0 Å². The maximum absolute atomic E-state index is 11.6. The number of aromatic nitrogens is 1. The second-order valence-electron chi connectivity index (χ2n) is 3.25. The Kier molecular flexibility index (Phi) is 3.65. The molecule has 1 aliphatic heterocycles. The molecule has 0 saturated carbocycles. The lowest BCUT2D eigenvalue weighted by Crippen LogP contribution is -2.47. The highest BCUT2D eigenvalue weighted by Gasteiger charge is 2.21. The zero-order chi connectivity index (χ0) is 10.5. The molecule has 1 saturated heterocycles. The molecule has 0 spiro atoms. The molecule has 1 amide bonds. The van der Waals surface area contributed by atoms with Crippen LogP contribution in [-0.2, 0) is 16.1 Å². The monoisotopic (exact) mass is 227 g/mol. The van der Waals surface area contributed by atoms with Gasteiger partial charge in [-0.2, -0.15) is 0 Å². The van der Waals surface area contributed by atoms with E-state index in [0.717, 1.165) is 11.4 Å². The maximum atomic E-state index is 11.6. The van der Waals surface area contributed by atoms with Crippen molar-refractivity contribution in [2.75, 3.05) is 19.7 Å². The van der Waals surface area contributed by atoms with E-state index in [1.54, 1.807) is 11.7 Å². The molecular formula is C9H13N3O2S. The number of carbonyl (C=O) groups is 1. The fourth-order valence-electron chi connectivity index (χ4n) is 1.35. The van der Waals surface area contributed by atoms with Crippen LogP contribution in [0, 0.1) is 0 Å². The summed E-state index contributed by atoms with van der Waals surface area (Å²) in [6, 6.07) is 0. The number of hydrogen-bond acceptors (Lipinski definition) is 5. The molecule has 1 aromatic heterocycles. The molecule has 1 aromatic rings. The van der Waals surface area contributed by atoms with Crippen LogP contribution in [0.1, 0.15) is 4.88 Å². The molecule has 0 aromatic carbocycles. The summed E-state index contributed by atoms with van der Waals surface area (Å²) in [7, 11) is 0. The van der Waals surface area contributed by atoms with Crippen molar-refractivity contribution in [3.63, 3.8) is 0 Å². The molecule has 1 atom stereocenters. The predicted molar refractivity (Wildman–Crippen MR) is 56.6 cm³/mol. The van der Waals surface area contributed by atoms with E-state index in [1.807, 2.05) is 0 Å². The second kappa shape index (κ2) is 5.20. The van der Waals surface area contributed by atoms with Crippen molar-refractivity contribution in [2.24, 2.45) is 0 Å². The summed E-state index contributed by atoms with van der Waals surface area (Å²) >= 11 is 1.53. The lowest BCUT2D eigenvalue weighted by molar-refractivity contribution is -0.134. The topological polar surface area (TPSA) is 63.2 Å². The molecule has 2 heterocycles. The largest absolute Gasteiger partial charge is 0.366 e. The molecule has 0 aliphatic carbocycles. The number of thiazole rings is 1. The Morgan fingerprint density at radius 2 is 2.73 bits per heavy atom. The first-order chi connectivity index (χ1) is 7.36. The minimum Gasteiger partial charge on any atom is -0.366 e. The van der Waals surface area contributed by atoms with E-state index < -0.39 is 0 Å². The third-order valence-corrected chi connectivity index (χ3v) is 2.92. The SMILES string of the molecule is O=C(NCc1cncs1)C1CNCCO1. The van der Waals surface area contributed by atoms with Crippen molar-refractivity contribution in [1.82, 2.24) is 15.6 Å². The molecule has 1 fully saturated rings. The number of hydrogen-bond donors (Lipinski definition) is 2. The smallest absolute Gasteiger partial charge is 0.250 e. The van der Waals surface area contributed by atoms with E-state index in [0.29, 0.717) is 19.7 Å². The minimum atomic E-state index is -0.355. The van der Waals surface area contributed by atoms with E-state index in [4.69, 9.17) is 4.74 Å². The second-order valence-corrected chi connectivity index (χ2v) is 4.22. The maximum Gasteiger partial charge on any atom is 0.250 e. The van der Waals surface area contributed by atoms with Gasteiger partial charge in [0.1, 0.15) is 6.10 Å². The first-order valence-corrected chi connectivity index (χ1v) is 5.71. The zero-order valence-corrected chi connectivity index (χ0v) is 9.05. The minimum absolute atomic E-state index is 0.0596. The Bertz CT molecular complexity index is 309. The highest BCUT2D eigenvalue weighted by atomic mass is 32.1. The highest BCUT2D eigenvalue weighted by Crippen LogP contribution is 2.04. The van der Waals surface area contributed by atoms with Crippen molar-refractivity contribution >= 4 is 17.2 Å². The van der Waals surface area contributed by atoms with Crippen LogP contribution in [0.2, 0.25) is 0 Å². The summed E-state index contributed by atoms with van der Waals surface area (Å²) in [6.45, 7) is 2.54. The average molecular weight is 227 g/mol. The Balaban J connectivity index is 1.76. The fraction of sp³-hybridized carbons (Fsp3) is 0.556. The van der Waals surface area contributed by atoms with Crippen molar-refractivity contribution < 1.29 is 9.53 Å². The van der Waals surface area contributed by atoms with Gasteiger partial charge in [-0.1, -0.05) is 0 Å². The van der Waals surface area contributed by atoms with Gasteiger partial charge in [0.15, 0.2) is 0 Å². The first kappa shape index (κ1) is 10.5. The summed E-state index contributed by atoms with van der Waals surface area (Å²) in [5, 5.41) is 5.93. The van der Waals surface area contributed by atoms with Gasteiger partial charge in [0, 0.05) is 24.2 Å². The number of nitrogens with zero attached hydrogens (tertiary/aromatic N) is 1. The number of rotatable bonds is 3. The summed E-state index contributed by atoms with van der Waals surface area (Å²) in [4.78, 5) is 16.6. The van der Waals surface area contributed by atoms with Crippen LogP contribution >= 0.6 is 11.3 Å².